The molecule has 1 saturated heterocycles. The lowest BCUT2D eigenvalue weighted by molar-refractivity contribution is 0.0678. The Morgan fingerprint density at radius 1 is 0.926 bits per heavy atom. The maximum atomic E-state index is 12.6. The first-order chi connectivity index (χ1) is 13.0. The van der Waals surface area contributed by atoms with Crippen LogP contribution >= 0.6 is 0 Å². The number of nitrogens with zero attached hydrogens (tertiary/aromatic N) is 2. The molecule has 2 aliphatic heterocycles. The van der Waals surface area contributed by atoms with Gasteiger partial charge < -0.3 is 4.90 Å². The van der Waals surface area contributed by atoms with Crippen molar-refractivity contribution >= 4 is 10.0 Å². The molecule has 0 bridgehead atoms. The molecule has 4 rings (SSSR count). The predicted octanol–water partition coefficient (Wildman–Crippen LogP) is 3.04. The third kappa shape index (κ3) is 3.68. The summed E-state index contributed by atoms with van der Waals surface area (Å²) in [5.74, 6) is 0. The van der Waals surface area contributed by atoms with Crippen LogP contribution < -0.4 is 0 Å². The lowest BCUT2D eigenvalue weighted by Gasteiger charge is -2.51. The summed E-state index contributed by atoms with van der Waals surface area (Å²) in [5.41, 5.74) is 3.53. The van der Waals surface area contributed by atoms with E-state index in [0.29, 0.717) is 6.54 Å². The van der Waals surface area contributed by atoms with Crippen molar-refractivity contribution in [2.45, 2.75) is 31.2 Å². The molecule has 0 unspecified atom stereocenters. The van der Waals surface area contributed by atoms with Crippen molar-refractivity contribution in [1.29, 1.82) is 0 Å². The first-order valence-electron chi connectivity index (χ1n) is 9.81. The van der Waals surface area contributed by atoms with Gasteiger partial charge in [-0.15, -0.1) is 0 Å². The minimum atomic E-state index is -3.23. The SMILES string of the molecule is CS(=O)(=O)N1CCc2ccccc2C12CCN(CCc1ccccc1)CC2. The number of hydrogen-bond donors (Lipinski definition) is 0. The van der Waals surface area contributed by atoms with E-state index in [4.69, 9.17) is 0 Å². The summed E-state index contributed by atoms with van der Waals surface area (Å²) in [5, 5.41) is 0. The summed E-state index contributed by atoms with van der Waals surface area (Å²) in [6.45, 7) is 3.50. The van der Waals surface area contributed by atoms with Gasteiger partial charge in [0, 0.05) is 26.2 Å². The van der Waals surface area contributed by atoms with E-state index in [1.165, 1.54) is 22.9 Å². The Morgan fingerprint density at radius 2 is 1.59 bits per heavy atom. The van der Waals surface area contributed by atoms with Crippen LogP contribution in [0.5, 0.6) is 0 Å². The lowest BCUT2D eigenvalue weighted by atomic mass is 9.76. The molecule has 0 atom stereocenters. The van der Waals surface area contributed by atoms with Crippen LogP contribution in [0, 0.1) is 0 Å². The standard InChI is InChI=1S/C22H28N2O2S/c1-27(25,26)24-16-12-20-9-5-6-10-21(20)22(24)13-17-23(18-14-22)15-11-19-7-3-2-4-8-19/h2-10H,11-18H2,1H3. The van der Waals surface area contributed by atoms with E-state index in [-0.39, 0.29) is 5.54 Å². The maximum Gasteiger partial charge on any atom is 0.212 e. The number of likely N-dealkylation sites (tertiary alicyclic amines) is 1. The van der Waals surface area contributed by atoms with Gasteiger partial charge in [0.15, 0.2) is 0 Å². The van der Waals surface area contributed by atoms with E-state index < -0.39 is 10.0 Å². The van der Waals surface area contributed by atoms with Gasteiger partial charge in [0.2, 0.25) is 10.0 Å². The molecule has 0 saturated carbocycles. The Hall–Kier alpha value is -1.69. The molecule has 0 aromatic heterocycles. The largest absolute Gasteiger partial charge is 0.303 e. The zero-order valence-corrected chi connectivity index (χ0v) is 16.8. The fourth-order valence-electron chi connectivity index (χ4n) is 4.84. The summed E-state index contributed by atoms with van der Waals surface area (Å²) < 4.78 is 26.9. The number of hydrogen-bond acceptors (Lipinski definition) is 3. The Balaban J connectivity index is 1.53. The van der Waals surface area contributed by atoms with Crippen molar-refractivity contribution in [2.24, 2.45) is 0 Å². The summed E-state index contributed by atoms with van der Waals surface area (Å²) in [7, 11) is -3.23. The molecule has 27 heavy (non-hydrogen) atoms. The van der Waals surface area contributed by atoms with Crippen molar-refractivity contribution in [1.82, 2.24) is 9.21 Å². The van der Waals surface area contributed by atoms with Crippen LogP contribution in [-0.2, 0) is 28.4 Å². The van der Waals surface area contributed by atoms with Gasteiger partial charge in [-0.1, -0.05) is 54.6 Å². The Bertz CT molecular complexity index is 888. The maximum absolute atomic E-state index is 12.6. The van der Waals surface area contributed by atoms with Crippen molar-refractivity contribution < 1.29 is 8.42 Å². The van der Waals surface area contributed by atoms with Crippen LogP contribution in [0.1, 0.15) is 29.5 Å². The molecular formula is C22H28N2O2S. The van der Waals surface area contributed by atoms with Gasteiger partial charge in [-0.25, -0.2) is 8.42 Å². The van der Waals surface area contributed by atoms with Crippen LogP contribution in [0.25, 0.3) is 0 Å². The van der Waals surface area contributed by atoms with Gasteiger partial charge in [0.05, 0.1) is 11.8 Å². The first kappa shape index (κ1) is 18.7. The normalized spacial score (nSPS) is 20.5. The molecule has 0 aliphatic carbocycles. The molecule has 0 N–H and O–H groups in total. The van der Waals surface area contributed by atoms with E-state index in [2.05, 4.69) is 53.4 Å². The van der Waals surface area contributed by atoms with Crippen molar-refractivity contribution in [3.63, 3.8) is 0 Å². The Labute approximate surface area is 162 Å². The number of sulfonamides is 1. The fraction of sp³-hybridized carbons (Fsp3) is 0.455. The lowest BCUT2D eigenvalue weighted by Crippen LogP contribution is -2.57. The van der Waals surface area contributed by atoms with E-state index in [0.717, 1.165) is 45.3 Å². The van der Waals surface area contributed by atoms with Crippen molar-refractivity contribution in [3.8, 4) is 0 Å². The van der Waals surface area contributed by atoms with E-state index in [1.807, 2.05) is 6.07 Å². The highest BCUT2D eigenvalue weighted by Crippen LogP contribution is 2.44. The molecule has 2 aromatic carbocycles. The average molecular weight is 385 g/mol. The van der Waals surface area contributed by atoms with E-state index in [1.54, 1.807) is 4.31 Å². The van der Waals surface area contributed by atoms with Gasteiger partial charge >= 0.3 is 0 Å². The number of fused-ring (bicyclic) bond motifs is 2. The van der Waals surface area contributed by atoms with Gasteiger partial charge in [-0.3, -0.25) is 0 Å². The second kappa shape index (κ2) is 7.38. The van der Waals surface area contributed by atoms with Crippen molar-refractivity contribution in [2.75, 3.05) is 32.4 Å². The van der Waals surface area contributed by atoms with Gasteiger partial charge in [-0.05, 0) is 42.4 Å². The molecular weight excluding hydrogens is 356 g/mol. The molecule has 2 aromatic rings. The highest BCUT2D eigenvalue weighted by Gasteiger charge is 2.48. The van der Waals surface area contributed by atoms with Crippen LogP contribution in [0.4, 0.5) is 0 Å². The highest BCUT2D eigenvalue weighted by atomic mass is 32.2. The number of benzene rings is 2. The summed E-state index contributed by atoms with van der Waals surface area (Å²) >= 11 is 0. The third-order valence-electron chi connectivity index (χ3n) is 6.22. The van der Waals surface area contributed by atoms with Gasteiger partial charge in [-0.2, -0.15) is 4.31 Å². The molecule has 1 fully saturated rings. The molecule has 1 spiro atoms. The van der Waals surface area contributed by atoms with Crippen LogP contribution in [-0.4, -0.2) is 50.1 Å². The van der Waals surface area contributed by atoms with Crippen LogP contribution in [0.15, 0.2) is 54.6 Å². The molecule has 4 nitrogen and oxygen atoms in total. The second-order valence-corrected chi connectivity index (χ2v) is 9.76. The molecule has 0 radical (unpaired) electrons. The highest BCUT2D eigenvalue weighted by molar-refractivity contribution is 7.88. The van der Waals surface area contributed by atoms with E-state index in [9.17, 15) is 8.42 Å². The fourth-order valence-corrected chi connectivity index (χ4v) is 6.18. The Kier molecular flexibility index (Phi) is 5.10. The summed E-state index contributed by atoms with van der Waals surface area (Å²) in [6.07, 6.45) is 4.95. The summed E-state index contributed by atoms with van der Waals surface area (Å²) in [6, 6.07) is 19.0. The molecule has 2 heterocycles. The smallest absolute Gasteiger partial charge is 0.212 e. The van der Waals surface area contributed by atoms with E-state index >= 15 is 0 Å². The molecule has 2 aliphatic rings. The number of rotatable bonds is 4. The predicted molar refractivity (Wildman–Crippen MR) is 109 cm³/mol. The van der Waals surface area contributed by atoms with Crippen LogP contribution in [0.3, 0.4) is 0 Å². The zero-order chi connectivity index (χ0) is 18.9. The Morgan fingerprint density at radius 3 is 2.30 bits per heavy atom. The van der Waals surface area contributed by atoms with Gasteiger partial charge in [0.1, 0.15) is 0 Å². The zero-order valence-electron chi connectivity index (χ0n) is 16.0. The minimum Gasteiger partial charge on any atom is -0.303 e. The quantitative estimate of drug-likeness (QED) is 0.814. The summed E-state index contributed by atoms with van der Waals surface area (Å²) in [4.78, 5) is 2.48. The average Bonchev–Trinajstić information content (AvgIpc) is 2.68. The number of piperidine rings is 1. The molecule has 144 valence electrons. The second-order valence-electron chi connectivity index (χ2n) is 7.85. The molecule has 5 heteroatoms. The van der Waals surface area contributed by atoms with Crippen LogP contribution in [0.2, 0.25) is 0 Å². The monoisotopic (exact) mass is 384 g/mol. The molecule has 0 amide bonds. The third-order valence-corrected chi connectivity index (χ3v) is 7.56. The van der Waals surface area contributed by atoms with Gasteiger partial charge in [0.25, 0.3) is 0 Å². The minimum absolute atomic E-state index is 0.369. The topological polar surface area (TPSA) is 40.6 Å². The van der Waals surface area contributed by atoms with Crippen molar-refractivity contribution in [3.05, 3.63) is 71.3 Å². The first-order valence-corrected chi connectivity index (χ1v) is 11.7.